The van der Waals surface area contributed by atoms with Crippen molar-refractivity contribution in [2.75, 3.05) is 30.7 Å². The number of hydrazine groups is 1. The van der Waals surface area contributed by atoms with Crippen LogP contribution in [0.3, 0.4) is 0 Å². The predicted molar refractivity (Wildman–Crippen MR) is 176 cm³/mol. The van der Waals surface area contributed by atoms with Gasteiger partial charge in [-0.05, 0) is 69.7 Å². The van der Waals surface area contributed by atoms with Crippen LogP contribution in [-0.2, 0) is 33.4 Å². The highest BCUT2D eigenvalue weighted by Gasteiger charge is 2.58. The van der Waals surface area contributed by atoms with Gasteiger partial charge in [0.25, 0.3) is 0 Å². The molecule has 3 unspecified atom stereocenters. The van der Waals surface area contributed by atoms with Crippen LogP contribution in [0.25, 0.3) is 11.2 Å². The number of ether oxygens (including phenoxy) is 2. The van der Waals surface area contributed by atoms with Gasteiger partial charge in [-0.25, -0.2) is 18.0 Å². The number of rotatable bonds is 13. The van der Waals surface area contributed by atoms with Crippen molar-refractivity contribution >= 4 is 58.3 Å². The first-order valence-electron chi connectivity index (χ1n) is 15.5. The maximum absolute atomic E-state index is 14.3. The Balaban J connectivity index is 1.23. The van der Waals surface area contributed by atoms with Crippen molar-refractivity contribution in [3.8, 4) is 5.75 Å². The first kappa shape index (κ1) is 35.7. The van der Waals surface area contributed by atoms with Crippen LogP contribution in [0.5, 0.6) is 5.75 Å². The molecule has 6 rings (SSSR count). The third kappa shape index (κ3) is 7.64. The fraction of sp³-hybridized carbons (Fsp3) is 0.571. The molecule has 0 amide bonds. The Kier molecular flexibility index (Phi) is 9.62. The largest absolute Gasteiger partial charge is 0.461 e. The van der Waals surface area contributed by atoms with Gasteiger partial charge >= 0.3 is 13.7 Å². The minimum atomic E-state index is -4.38. The van der Waals surface area contributed by atoms with Crippen LogP contribution in [0, 0.1) is 0 Å². The molecule has 2 saturated carbocycles. The molecule has 3 aromatic rings. The number of anilines is 2. The van der Waals surface area contributed by atoms with Crippen molar-refractivity contribution in [2.24, 2.45) is 0 Å². The van der Waals surface area contributed by atoms with Gasteiger partial charge in [-0.15, -0.1) is 4.83 Å². The van der Waals surface area contributed by atoms with Crippen LogP contribution in [0.1, 0.15) is 51.7 Å². The molecule has 0 bridgehead atoms. The minimum absolute atomic E-state index is 0.0107. The Bertz CT molecular complexity index is 1870. The summed E-state index contributed by atoms with van der Waals surface area (Å²) in [7, 11) is -6.69. The molecule has 3 fully saturated rings. The molecule has 5 atom stereocenters. The molecular formula is C28H38ClN8O10PS. The Labute approximate surface area is 286 Å². The first-order valence-corrected chi connectivity index (χ1v) is 19.3. The smallest absolute Gasteiger partial charge is 0.459 e. The lowest BCUT2D eigenvalue weighted by atomic mass is 9.96. The molecule has 21 heteroatoms. The monoisotopic (exact) mass is 744 g/mol. The number of carbonyl (C=O) groups excluding carboxylic acids is 1. The Morgan fingerprint density at radius 2 is 1.92 bits per heavy atom. The molecule has 18 nitrogen and oxygen atoms in total. The summed E-state index contributed by atoms with van der Waals surface area (Å²) in [6.45, 7) is 0.757. The Morgan fingerprint density at radius 3 is 2.55 bits per heavy atom. The second-order valence-electron chi connectivity index (χ2n) is 12.7. The number of aliphatic hydroxyl groups is 2. The number of nitrogens with zero attached hydrogens (tertiary/aromatic N) is 5. The summed E-state index contributed by atoms with van der Waals surface area (Å²) >= 11 is 6.01. The van der Waals surface area contributed by atoms with E-state index >= 15 is 0 Å². The van der Waals surface area contributed by atoms with E-state index in [2.05, 4.69) is 24.9 Å². The van der Waals surface area contributed by atoms with Crippen LogP contribution in [-0.4, -0.2) is 93.5 Å². The van der Waals surface area contributed by atoms with Gasteiger partial charge in [-0.3, -0.25) is 18.9 Å². The number of fused-ring (bicyclic) bond motifs is 1. The number of benzene rings is 1. The van der Waals surface area contributed by atoms with Crippen LogP contribution in [0.2, 0.25) is 5.02 Å². The quantitative estimate of drug-likeness (QED) is 0.0951. The summed E-state index contributed by atoms with van der Waals surface area (Å²) in [5.74, 6) is -0.646. The number of esters is 1. The van der Waals surface area contributed by atoms with Crippen molar-refractivity contribution in [3.63, 3.8) is 0 Å². The normalized spacial score (nSPS) is 26.4. The summed E-state index contributed by atoms with van der Waals surface area (Å²) in [6.07, 6.45) is 1.90. The van der Waals surface area contributed by atoms with Gasteiger partial charge in [0.2, 0.25) is 16.0 Å². The van der Waals surface area contributed by atoms with E-state index in [0.717, 1.165) is 36.9 Å². The number of imidazole rings is 1. The average molecular weight is 745 g/mol. The maximum Gasteiger partial charge on any atom is 0.459 e. The number of nitrogen functional groups attached to an aromatic ring is 1. The second-order valence-corrected chi connectivity index (χ2v) is 16.5. The fourth-order valence-electron chi connectivity index (χ4n) is 5.90. The number of sulfonamides is 1. The molecule has 3 aliphatic rings. The number of carbonyl (C=O) groups is 1. The molecule has 0 radical (unpaired) electrons. The van der Waals surface area contributed by atoms with Crippen molar-refractivity contribution in [2.45, 2.75) is 81.1 Å². The zero-order valence-electron chi connectivity index (χ0n) is 26.9. The Hall–Kier alpha value is -3.13. The zero-order chi connectivity index (χ0) is 35.4. The predicted octanol–water partition coefficient (Wildman–Crippen LogP) is 1.78. The van der Waals surface area contributed by atoms with Gasteiger partial charge in [0.15, 0.2) is 23.2 Å². The molecule has 2 aromatic heterocycles. The van der Waals surface area contributed by atoms with Crippen LogP contribution >= 0.6 is 19.3 Å². The van der Waals surface area contributed by atoms with Crippen molar-refractivity contribution in [1.82, 2.24) is 29.4 Å². The lowest BCUT2D eigenvalue weighted by molar-refractivity contribution is -0.152. The van der Waals surface area contributed by atoms with E-state index in [1.165, 1.54) is 49.1 Å². The number of hydrogen-bond acceptors (Lipinski definition) is 15. The van der Waals surface area contributed by atoms with Crippen LogP contribution < -0.4 is 25.2 Å². The summed E-state index contributed by atoms with van der Waals surface area (Å²) in [6, 6.07) is 6.01. The maximum atomic E-state index is 14.3. The van der Waals surface area contributed by atoms with E-state index in [9.17, 15) is 28.0 Å². The first-order chi connectivity index (χ1) is 23.0. The van der Waals surface area contributed by atoms with Crippen LogP contribution in [0.4, 0.5) is 11.8 Å². The molecule has 0 spiro atoms. The number of nitrogens with one attached hydrogen (secondary N) is 2. The van der Waals surface area contributed by atoms with Gasteiger partial charge < -0.3 is 29.9 Å². The number of halogens is 1. The van der Waals surface area contributed by atoms with Crippen molar-refractivity contribution in [3.05, 3.63) is 35.6 Å². The highest BCUT2D eigenvalue weighted by atomic mass is 35.5. The molecule has 1 aliphatic heterocycles. The molecule has 6 N–H and O–H groups in total. The number of nitrogens with two attached hydrogens (primary N) is 1. The van der Waals surface area contributed by atoms with Gasteiger partial charge in [0.05, 0.1) is 19.2 Å². The third-order valence-electron chi connectivity index (χ3n) is 8.56. The number of hydrogen-bond donors (Lipinski definition) is 5. The zero-order valence-corrected chi connectivity index (χ0v) is 29.3. The SMILES string of the molecule is CN(NS(C)(=O)=O)c1nc(N)nc2c1ncn2C1OC(COP(=O)(NC2(C(=O)OC3CCCC3)CC2)Oc2ccc(Cl)cc2)[C@@H](O)[C@@]1(C)O. The number of aliphatic hydroxyl groups excluding tert-OH is 1. The van der Waals surface area contributed by atoms with E-state index in [-0.39, 0.29) is 34.8 Å². The summed E-state index contributed by atoms with van der Waals surface area (Å²) in [5, 5.41) is 27.0. The minimum Gasteiger partial charge on any atom is -0.461 e. The lowest BCUT2D eigenvalue weighted by Crippen LogP contribution is -2.45. The molecule has 268 valence electrons. The third-order valence-corrected chi connectivity index (χ3v) is 11.1. The van der Waals surface area contributed by atoms with Gasteiger partial charge in [-0.2, -0.15) is 15.1 Å². The van der Waals surface area contributed by atoms with Crippen LogP contribution in [0.15, 0.2) is 30.6 Å². The van der Waals surface area contributed by atoms with E-state index in [4.69, 9.17) is 35.9 Å². The van der Waals surface area contributed by atoms with Crippen molar-refractivity contribution in [1.29, 1.82) is 0 Å². The Morgan fingerprint density at radius 1 is 1.24 bits per heavy atom. The summed E-state index contributed by atoms with van der Waals surface area (Å²) < 4.78 is 62.7. The lowest BCUT2D eigenvalue weighted by Gasteiger charge is -2.28. The van der Waals surface area contributed by atoms with E-state index in [0.29, 0.717) is 17.9 Å². The van der Waals surface area contributed by atoms with E-state index in [1.807, 2.05) is 0 Å². The topological polar surface area (TPSA) is 243 Å². The highest BCUT2D eigenvalue weighted by molar-refractivity contribution is 7.88. The van der Waals surface area contributed by atoms with Crippen molar-refractivity contribution < 1.29 is 46.5 Å². The molecule has 3 heterocycles. The van der Waals surface area contributed by atoms with Gasteiger partial charge in [-0.1, -0.05) is 11.6 Å². The fourth-order valence-corrected chi connectivity index (χ4v) is 8.35. The van der Waals surface area contributed by atoms with Gasteiger partial charge in [0, 0.05) is 12.1 Å². The average Bonchev–Trinajstić information content (AvgIpc) is 3.30. The van der Waals surface area contributed by atoms with E-state index < -0.39 is 59.9 Å². The molecule has 49 heavy (non-hydrogen) atoms. The molecule has 1 saturated heterocycles. The highest BCUT2D eigenvalue weighted by Crippen LogP contribution is 2.53. The molecule has 2 aliphatic carbocycles. The number of aromatic nitrogens is 4. The molecular weight excluding hydrogens is 707 g/mol. The summed E-state index contributed by atoms with van der Waals surface area (Å²) in [5.41, 5.74) is 2.81. The standard InChI is InChI=1S/C28H38ClN8O10PS/c1-27(40)21(38)19(46-24(27)37-15-31-20-22(32-26(30)33-23(20)37)36(2)35-49(3,42)43)14-44-48(41,47-18-10-8-16(29)9-11-18)34-28(12-13-28)25(39)45-17-6-4-5-7-17/h8-11,15,17,19,21,24,35,38,40H,4-7,12-14H2,1-3H3,(H,34,41)(H2,30,32,33)/t19?,21-,24?,27-,48?/m1/s1. The van der Waals surface area contributed by atoms with E-state index in [1.54, 1.807) is 0 Å². The summed E-state index contributed by atoms with van der Waals surface area (Å²) in [4.78, 5) is 28.0. The van der Waals surface area contributed by atoms with Gasteiger partial charge in [0.1, 0.15) is 35.2 Å². The molecule has 1 aromatic carbocycles. The second kappa shape index (κ2) is 13.2.